The van der Waals surface area contributed by atoms with E-state index in [4.69, 9.17) is 9.47 Å². The lowest BCUT2D eigenvalue weighted by Crippen LogP contribution is -2.36. The standard InChI is InChI=1S/C24H28N6O5S2/c1-3-35-21-13-25-11-19(28-21)20-12-27-23(36-20)24(31)30(2)22(15-7-9-34-14-15)18-10-16(6-8-26-18)29-37(32,33)17-4-5-17/h6,8,10-13,15,17,22H,3-5,7,9,14H2,1-2H3,(H,26,29)/t15-,22-/m1/s1. The number of anilines is 1. The van der Waals surface area contributed by atoms with Crippen molar-refractivity contribution in [2.45, 2.75) is 37.5 Å². The van der Waals surface area contributed by atoms with Crippen LogP contribution in [0.4, 0.5) is 5.69 Å². The number of sulfonamides is 1. The Kier molecular flexibility index (Phi) is 7.36. The van der Waals surface area contributed by atoms with Crippen molar-refractivity contribution in [2.75, 3.05) is 31.6 Å². The third-order valence-electron chi connectivity index (χ3n) is 6.30. The molecule has 1 saturated carbocycles. The molecule has 37 heavy (non-hydrogen) atoms. The molecule has 11 nitrogen and oxygen atoms in total. The molecule has 3 aromatic rings. The third-order valence-corrected chi connectivity index (χ3v) is 9.18. The van der Waals surface area contributed by atoms with Crippen LogP contribution >= 0.6 is 11.3 Å². The predicted octanol–water partition coefficient (Wildman–Crippen LogP) is 3.15. The number of pyridine rings is 1. The molecule has 0 spiro atoms. The van der Waals surface area contributed by atoms with Crippen LogP contribution in [-0.2, 0) is 14.8 Å². The molecule has 5 rings (SSSR count). The Balaban J connectivity index is 1.40. The summed E-state index contributed by atoms with van der Waals surface area (Å²) >= 11 is 1.22. The number of hydrogen-bond donors (Lipinski definition) is 1. The van der Waals surface area contributed by atoms with Crippen molar-refractivity contribution >= 4 is 33.0 Å². The molecule has 0 unspecified atom stereocenters. The molecule has 1 aliphatic heterocycles. The average Bonchev–Trinajstić information content (AvgIpc) is 3.41. The van der Waals surface area contributed by atoms with Crippen LogP contribution in [0.5, 0.6) is 5.88 Å². The fourth-order valence-electron chi connectivity index (χ4n) is 4.31. The molecule has 1 N–H and O–H groups in total. The van der Waals surface area contributed by atoms with Gasteiger partial charge in [0.25, 0.3) is 5.91 Å². The normalized spacial score (nSPS) is 18.4. The number of nitrogens with one attached hydrogen (secondary N) is 1. The fourth-order valence-corrected chi connectivity index (χ4v) is 6.54. The molecule has 1 saturated heterocycles. The van der Waals surface area contributed by atoms with E-state index in [2.05, 4.69) is 24.7 Å². The monoisotopic (exact) mass is 544 g/mol. The highest BCUT2D eigenvalue weighted by Crippen LogP contribution is 2.36. The highest BCUT2D eigenvalue weighted by Gasteiger charge is 2.37. The molecule has 2 aliphatic rings. The lowest BCUT2D eigenvalue weighted by molar-refractivity contribution is 0.0648. The number of nitrogens with zero attached hydrogens (tertiary/aromatic N) is 5. The van der Waals surface area contributed by atoms with Crippen LogP contribution in [0.1, 0.15) is 47.7 Å². The van der Waals surface area contributed by atoms with Gasteiger partial charge in [0.2, 0.25) is 15.9 Å². The first-order valence-electron chi connectivity index (χ1n) is 12.1. The molecule has 0 radical (unpaired) electrons. The second kappa shape index (κ2) is 10.7. The Morgan fingerprint density at radius 2 is 2.11 bits per heavy atom. The van der Waals surface area contributed by atoms with E-state index in [1.165, 1.54) is 17.5 Å². The molecule has 0 aromatic carbocycles. The van der Waals surface area contributed by atoms with Gasteiger partial charge in [-0.3, -0.25) is 19.5 Å². The quantitative estimate of drug-likeness (QED) is 0.408. The summed E-state index contributed by atoms with van der Waals surface area (Å²) in [5.74, 6) is 0.140. The number of carbonyl (C=O) groups excluding carboxylic acids is 1. The van der Waals surface area contributed by atoms with Gasteiger partial charge in [0.1, 0.15) is 5.69 Å². The van der Waals surface area contributed by atoms with Gasteiger partial charge in [-0.05, 0) is 38.3 Å². The number of hydrogen-bond acceptors (Lipinski definition) is 10. The largest absolute Gasteiger partial charge is 0.477 e. The minimum Gasteiger partial charge on any atom is -0.477 e. The Hall–Kier alpha value is -3.16. The molecule has 3 aromatic heterocycles. The van der Waals surface area contributed by atoms with Crippen LogP contribution in [0.25, 0.3) is 10.6 Å². The van der Waals surface area contributed by atoms with E-state index in [0.29, 0.717) is 65.5 Å². The van der Waals surface area contributed by atoms with Crippen LogP contribution in [-0.4, -0.2) is 71.3 Å². The molecule has 2 fully saturated rings. The van der Waals surface area contributed by atoms with Crippen LogP contribution in [0.2, 0.25) is 0 Å². The maximum absolute atomic E-state index is 13.6. The number of ether oxygens (including phenoxy) is 2. The SMILES string of the molecule is CCOc1cncc(-c2cnc(C(=O)N(C)[C@@H](c3cc(NS(=O)(=O)C4CC4)ccn3)[C@@H]3CCOC3)s2)n1. The van der Waals surface area contributed by atoms with Crippen LogP contribution in [0.3, 0.4) is 0 Å². The molecule has 13 heteroatoms. The van der Waals surface area contributed by atoms with Crippen molar-refractivity contribution in [2.24, 2.45) is 5.92 Å². The summed E-state index contributed by atoms with van der Waals surface area (Å²) in [6, 6.07) is 2.90. The lowest BCUT2D eigenvalue weighted by atomic mass is 9.94. The van der Waals surface area contributed by atoms with E-state index in [9.17, 15) is 13.2 Å². The van der Waals surface area contributed by atoms with E-state index in [1.807, 2.05) is 6.92 Å². The van der Waals surface area contributed by atoms with Gasteiger partial charge < -0.3 is 14.4 Å². The van der Waals surface area contributed by atoms with E-state index < -0.39 is 16.1 Å². The summed E-state index contributed by atoms with van der Waals surface area (Å²) in [4.78, 5) is 33.4. The summed E-state index contributed by atoms with van der Waals surface area (Å²) in [5, 5.41) is -0.0407. The first kappa shape index (κ1) is 25.5. The van der Waals surface area contributed by atoms with Gasteiger partial charge >= 0.3 is 0 Å². The molecule has 0 bridgehead atoms. The van der Waals surface area contributed by atoms with E-state index in [-0.39, 0.29) is 17.1 Å². The zero-order valence-corrected chi connectivity index (χ0v) is 22.2. The summed E-state index contributed by atoms with van der Waals surface area (Å²) in [6.07, 6.45) is 8.40. The van der Waals surface area contributed by atoms with Crippen molar-refractivity contribution in [1.82, 2.24) is 24.8 Å². The third kappa shape index (κ3) is 5.73. The lowest BCUT2D eigenvalue weighted by Gasteiger charge is -2.31. The van der Waals surface area contributed by atoms with Gasteiger partial charge in [0.05, 0.1) is 53.2 Å². The Morgan fingerprint density at radius 3 is 2.84 bits per heavy atom. The molecule has 196 valence electrons. The molecule has 2 atom stereocenters. The Labute approximate surface area is 219 Å². The fraction of sp³-hybridized carbons (Fsp3) is 0.458. The summed E-state index contributed by atoms with van der Waals surface area (Å²) < 4.78 is 38.6. The molecule has 1 aliphatic carbocycles. The Morgan fingerprint density at radius 1 is 1.27 bits per heavy atom. The molecular formula is C24H28N6O5S2. The second-order valence-electron chi connectivity index (χ2n) is 9.01. The topological polar surface area (TPSA) is 136 Å². The highest BCUT2D eigenvalue weighted by atomic mass is 32.2. The Bertz CT molecular complexity index is 1370. The zero-order valence-electron chi connectivity index (χ0n) is 20.5. The first-order chi connectivity index (χ1) is 17.9. The van der Waals surface area contributed by atoms with Gasteiger partial charge in [-0.15, -0.1) is 11.3 Å². The summed E-state index contributed by atoms with van der Waals surface area (Å²) in [5.41, 5.74) is 1.60. The van der Waals surface area contributed by atoms with Crippen molar-refractivity contribution < 1.29 is 22.7 Å². The number of rotatable bonds is 10. The van der Waals surface area contributed by atoms with Gasteiger partial charge in [-0.2, -0.15) is 0 Å². The van der Waals surface area contributed by atoms with Crippen molar-refractivity contribution in [3.8, 4) is 16.5 Å². The predicted molar refractivity (Wildman–Crippen MR) is 138 cm³/mol. The van der Waals surface area contributed by atoms with Crippen molar-refractivity contribution in [3.05, 3.63) is 47.6 Å². The highest BCUT2D eigenvalue weighted by molar-refractivity contribution is 7.93. The van der Waals surface area contributed by atoms with Crippen LogP contribution < -0.4 is 9.46 Å². The maximum atomic E-state index is 13.6. The van der Waals surface area contributed by atoms with Gasteiger partial charge in [-0.25, -0.2) is 18.4 Å². The van der Waals surface area contributed by atoms with Crippen LogP contribution in [0.15, 0.2) is 36.9 Å². The van der Waals surface area contributed by atoms with E-state index in [1.54, 1.807) is 42.7 Å². The summed E-state index contributed by atoms with van der Waals surface area (Å²) in [7, 11) is -1.71. The van der Waals surface area contributed by atoms with Crippen molar-refractivity contribution in [3.63, 3.8) is 0 Å². The van der Waals surface area contributed by atoms with Gasteiger partial charge in [-0.1, -0.05) is 0 Å². The molecular weight excluding hydrogens is 516 g/mol. The zero-order chi connectivity index (χ0) is 26.0. The van der Waals surface area contributed by atoms with E-state index in [0.717, 1.165) is 6.42 Å². The van der Waals surface area contributed by atoms with Gasteiger partial charge in [0.15, 0.2) is 5.01 Å². The molecule has 1 amide bonds. The summed E-state index contributed by atoms with van der Waals surface area (Å²) in [6.45, 7) is 3.41. The molecule has 4 heterocycles. The average molecular weight is 545 g/mol. The first-order valence-corrected chi connectivity index (χ1v) is 14.5. The second-order valence-corrected chi connectivity index (χ2v) is 12.0. The van der Waals surface area contributed by atoms with Crippen molar-refractivity contribution in [1.29, 1.82) is 0 Å². The van der Waals surface area contributed by atoms with Crippen LogP contribution in [0, 0.1) is 5.92 Å². The van der Waals surface area contributed by atoms with E-state index >= 15 is 0 Å². The number of amides is 1. The minimum absolute atomic E-state index is 0.00455. The number of carbonyl (C=O) groups is 1. The minimum atomic E-state index is -3.42. The van der Waals surface area contributed by atoms with Gasteiger partial charge in [0, 0.05) is 32.0 Å². The number of thiazole rings is 1. The number of aromatic nitrogens is 4. The maximum Gasteiger partial charge on any atom is 0.283 e. The smallest absolute Gasteiger partial charge is 0.283 e.